The number of hydrogen-bond acceptors (Lipinski definition) is 8. The smallest absolute Gasteiger partial charge is 0.343 e. The predicted octanol–water partition coefficient (Wildman–Crippen LogP) is 22.9. The van der Waals surface area contributed by atoms with E-state index in [-0.39, 0.29) is 18.0 Å². The summed E-state index contributed by atoms with van der Waals surface area (Å²) in [5, 5.41) is 0. The number of Topliss-reactive ketones (excluding diaryl/α,β-unsaturated/α-hetero) is 2. The van der Waals surface area contributed by atoms with Crippen LogP contribution in [0, 0.1) is 0 Å². The zero-order chi connectivity index (χ0) is 60.6. The molecule has 0 heterocycles. The van der Waals surface area contributed by atoms with Gasteiger partial charge < -0.3 is 19.3 Å². The number of ketones is 2. The molecule has 4 rings (SSSR count). The van der Waals surface area contributed by atoms with Gasteiger partial charge in [-0.25, -0.2) is 9.59 Å². The van der Waals surface area contributed by atoms with Gasteiger partial charge in [0, 0.05) is 48.7 Å². The van der Waals surface area contributed by atoms with Crippen LogP contribution in [-0.2, 0) is 0 Å². The first kappa shape index (κ1) is 72.2. The summed E-state index contributed by atoms with van der Waals surface area (Å²) >= 11 is 0. The lowest BCUT2D eigenvalue weighted by molar-refractivity contribution is 0.0725. The van der Waals surface area contributed by atoms with E-state index in [0.717, 1.165) is 37.6 Å². The maximum atomic E-state index is 13.3. The Bertz CT molecular complexity index is 2100. The van der Waals surface area contributed by atoms with Crippen molar-refractivity contribution < 1.29 is 28.7 Å². The molecular weight excluding hydrogens is 1050 g/mol. The van der Waals surface area contributed by atoms with Crippen LogP contribution in [0.15, 0.2) is 97.1 Å². The van der Waals surface area contributed by atoms with Crippen LogP contribution in [0.4, 0.5) is 11.4 Å². The van der Waals surface area contributed by atoms with E-state index in [4.69, 9.17) is 9.47 Å². The fourth-order valence-electron chi connectivity index (χ4n) is 11.6. The normalized spacial score (nSPS) is 11.2. The van der Waals surface area contributed by atoms with E-state index in [1.165, 1.54) is 257 Å². The van der Waals surface area contributed by atoms with Crippen molar-refractivity contribution in [2.75, 3.05) is 36.0 Å². The molecule has 0 aliphatic rings. The Hall–Kier alpha value is -5.24. The molecular formula is C77H118N2O6. The molecule has 0 fully saturated rings. The first-order chi connectivity index (χ1) is 41.8. The molecule has 472 valence electrons. The molecule has 0 atom stereocenters. The van der Waals surface area contributed by atoms with Gasteiger partial charge in [0.15, 0.2) is 11.6 Å². The molecule has 0 unspecified atom stereocenters. The van der Waals surface area contributed by atoms with Crippen molar-refractivity contribution in [3.8, 4) is 11.5 Å². The van der Waals surface area contributed by atoms with Crippen LogP contribution in [0.1, 0.15) is 332 Å². The summed E-state index contributed by atoms with van der Waals surface area (Å²) in [7, 11) is 0. The molecule has 0 saturated carbocycles. The van der Waals surface area contributed by atoms with Crippen molar-refractivity contribution in [3.63, 3.8) is 0 Å². The number of nitrogens with zero attached hydrogens (tertiary/aromatic N) is 2. The lowest BCUT2D eigenvalue weighted by atomic mass is 10.0. The first-order valence-corrected chi connectivity index (χ1v) is 35.2. The van der Waals surface area contributed by atoms with Gasteiger partial charge in [-0.2, -0.15) is 0 Å². The van der Waals surface area contributed by atoms with Crippen LogP contribution < -0.4 is 19.3 Å². The van der Waals surface area contributed by atoms with Gasteiger partial charge in [0.05, 0.1) is 17.5 Å². The van der Waals surface area contributed by atoms with E-state index in [9.17, 15) is 19.2 Å². The van der Waals surface area contributed by atoms with Gasteiger partial charge in [-0.15, -0.1) is 0 Å². The summed E-state index contributed by atoms with van der Waals surface area (Å²) in [4.78, 5) is 58.3. The van der Waals surface area contributed by atoms with Crippen LogP contribution >= 0.6 is 0 Å². The lowest BCUT2D eigenvalue weighted by Gasteiger charge is -2.25. The zero-order valence-electron chi connectivity index (χ0n) is 54.4. The number of hydrogen-bond donors (Lipinski definition) is 0. The highest BCUT2D eigenvalue weighted by Crippen LogP contribution is 2.25. The molecule has 0 aromatic heterocycles. The van der Waals surface area contributed by atoms with Crippen molar-refractivity contribution in [1.29, 1.82) is 0 Å². The molecule has 0 radical (unpaired) electrons. The summed E-state index contributed by atoms with van der Waals surface area (Å²) in [5.74, 6) is -0.970. The van der Waals surface area contributed by atoms with Crippen molar-refractivity contribution in [1.82, 2.24) is 0 Å². The summed E-state index contributed by atoms with van der Waals surface area (Å²) in [5.41, 5.74) is 3.91. The Kier molecular flexibility index (Phi) is 40.7. The fraction of sp³-hybridized carbons (Fsp3) is 0.636. The van der Waals surface area contributed by atoms with E-state index in [0.29, 0.717) is 33.8 Å². The standard InChI is InChI=1S/C77H118N2O6/c1-5-9-13-17-21-25-29-33-37-41-61-78(62-42-38-34-30-26-22-18-14-10-6-2)70-53-45-68(46-54-70)76(82)84-72-57-49-66(50-58-72)74(80)65-75(81)67-51-59-73(60-52-67)85-77(83)69-47-55-71(56-48-69)79(63-43-39-35-31-27-23-19-15-11-7-3)64-44-40-36-32-28-24-20-16-12-8-4/h45-60H,5-44,61-65H2,1-4H3. The quantitative estimate of drug-likeness (QED) is 0.0142. The second-order valence-corrected chi connectivity index (χ2v) is 24.6. The second-order valence-electron chi connectivity index (χ2n) is 24.6. The maximum absolute atomic E-state index is 13.3. The summed E-state index contributed by atoms with van der Waals surface area (Å²) in [6.45, 7) is 13.2. The first-order valence-electron chi connectivity index (χ1n) is 35.2. The minimum Gasteiger partial charge on any atom is -0.423 e. The van der Waals surface area contributed by atoms with Crippen molar-refractivity contribution >= 4 is 34.9 Å². The Morgan fingerprint density at radius 2 is 0.459 bits per heavy atom. The molecule has 85 heavy (non-hydrogen) atoms. The Morgan fingerprint density at radius 3 is 0.682 bits per heavy atom. The van der Waals surface area contributed by atoms with Gasteiger partial charge in [-0.3, -0.25) is 9.59 Å². The molecule has 8 heteroatoms. The Balaban J connectivity index is 1.23. The third-order valence-corrected chi connectivity index (χ3v) is 17.2. The number of carbonyl (C=O) groups is 4. The third-order valence-electron chi connectivity index (χ3n) is 17.2. The van der Waals surface area contributed by atoms with Gasteiger partial charge >= 0.3 is 11.9 Å². The number of esters is 2. The molecule has 0 bridgehead atoms. The van der Waals surface area contributed by atoms with Gasteiger partial charge in [-0.05, 0) is 123 Å². The topological polar surface area (TPSA) is 93.2 Å². The summed E-state index contributed by atoms with van der Waals surface area (Å²) in [6.07, 6.45) is 52.3. The monoisotopic (exact) mass is 1170 g/mol. The highest BCUT2D eigenvalue weighted by atomic mass is 16.5. The zero-order valence-corrected chi connectivity index (χ0v) is 54.4. The highest BCUT2D eigenvalue weighted by molar-refractivity contribution is 6.13. The van der Waals surface area contributed by atoms with Gasteiger partial charge in [-0.1, -0.05) is 259 Å². The molecule has 4 aromatic rings. The third kappa shape index (κ3) is 32.9. The van der Waals surface area contributed by atoms with E-state index in [2.05, 4.69) is 37.5 Å². The van der Waals surface area contributed by atoms with E-state index in [1.54, 1.807) is 48.5 Å². The average Bonchev–Trinajstić information content (AvgIpc) is 3.66. The number of unbranched alkanes of at least 4 members (excludes halogenated alkanes) is 36. The average molecular weight is 1170 g/mol. The van der Waals surface area contributed by atoms with Crippen LogP contribution in [0.3, 0.4) is 0 Å². The van der Waals surface area contributed by atoms with Crippen molar-refractivity contribution in [3.05, 3.63) is 119 Å². The molecule has 0 saturated heterocycles. The fourth-order valence-corrected chi connectivity index (χ4v) is 11.6. The van der Waals surface area contributed by atoms with Gasteiger partial charge in [0.2, 0.25) is 0 Å². The van der Waals surface area contributed by atoms with E-state index in [1.807, 2.05) is 48.5 Å². The molecule has 0 aliphatic heterocycles. The van der Waals surface area contributed by atoms with Crippen molar-refractivity contribution in [2.45, 2.75) is 291 Å². The number of rotatable bonds is 54. The minimum absolute atomic E-state index is 0.322. The van der Waals surface area contributed by atoms with Gasteiger partial charge in [0.1, 0.15) is 11.5 Å². The second kappa shape index (κ2) is 47.9. The predicted molar refractivity (Wildman–Crippen MR) is 361 cm³/mol. The number of benzene rings is 4. The largest absolute Gasteiger partial charge is 0.423 e. The molecule has 8 nitrogen and oxygen atoms in total. The minimum atomic E-state index is -0.463. The number of carbonyl (C=O) groups excluding carboxylic acids is 4. The van der Waals surface area contributed by atoms with Crippen molar-refractivity contribution in [2.24, 2.45) is 0 Å². The SMILES string of the molecule is CCCCCCCCCCCCN(CCCCCCCCCCCC)c1ccc(C(=O)Oc2ccc(C(=O)CC(=O)c3ccc(OC(=O)c4ccc(N(CCCCCCCCCCCC)CCCCCCCCCCCC)cc4)cc3)cc2)cc1. The summed E-state index contributed by atoms with van der Waals surface area (Å²) < 4.78 is 11.5. The Morgan fingerprint density at radius 1 is 0.259 bits per heavy atom. The molecule has 0 aliphatic carbocycles. The lowest BCUT2D eigenvalue weighted by Crippen LogP contribution is -2.25. The Labute approximate surface area is 518 Å². The van der Waals surface area contributed by atoms with Crippen LogP contribution in [0.2, 0.25) is 0 Å². The van der Waals surface area contributed by atoms with E-state index >= 15 is 0 Å². The van der Waals surface area contributed by atoms with E-state index < -0.39 is 11.9 Å². The molecule has 0 amide bonds. The molecule has 0 N–H and O–H groups in total. The summed E-state index contributed by atoms with van der Waals surface area (Å²) in [6, 6.07) is 28.3. The number of anilines is 2. The molecule has 4 aromatic carbocycles. The number of ether oxygens (including phenoxy) is 2. The molecule has 0 spiro atoms. The van der Waals surface area contributed by atoms with Crippen LogP contribution in [0.25, 0.3) is 0 Å². The van der Waals surface area contributed by atoms with Gasteiger partial charge in [0.25, 0.3) is 0 Å². The van der Waals surface area contributed by atoms with Crippen LogP contribution in [0.5, 0.6) is 11.5 Å². The van der Waals surface area contributed by atoms with Crippen LogP contribution in [-0.4, -0.2) is 49.7 Å². The highest BCUT2D eigenvalue weighted by Gasteiger charge is 2.18. The maximum Gasteiger partial charge on any atom is 0.343 e.